The van der Waals surface area contributed by atoms with E-state index in [1.54, 1.807) is 18.6 Å². The molecule has 0 N–H and O–H groups in total. The molecule has 0 saturated carbocycles. The van der Waals surface area contributed by atoms with Crippen LogP contribution in [-0.2, 0) is 20.1 Å². The van der Waals surface area contributed by atoms with Gasteiger partial charge in [-0.25, -0.2) is 0 Å². The van der Waals surface area contributed by atoms with Crippen molar-refractivity contribution in [3.05, 3.63) is 237 Å². The molecule has 3 heterocycles. The maximum absolute atomic E-state index is 4.49. The summed E-state index contributed by atoms with van der Waals surface area (Å²) in [5, 5.41) is 0. The van der Waals surface area contributed by atoms with E-state index in [1.165, 1.54) is 0 Å². The van der Waals surface area contributed by atoms with Gasteiger partial charge < -0.3 is 15.0 Å². The number of hydrogen-bond donors (Lipinski definition) is 0. The summed E-state index contributed by atoms with van der Waals surface area (Å²) < 4.78 is 0. The largest absolute Gasteiger partial charge is 3.00 e. The molecule has 0 bridgehead atoms. The SMILES string of the molecule is [Ir+3].[c-]1ccnc(-c2ccccc2)c1-c1ccccc1.[c-]1ccnc(-c2ccccc2)c1-c1ccccc1.[c-]1ccnc(-c2ccccc2)c1-c1ccccc1. The molecule has 0 saturated heterocycles. The molecule has 0 aliphatic carbocycles. The minimum Gasteiger partial charge on any atom is -0.352 e. The molecule has 0 radical (unpaired) electrons. The molecule has 3 aromatic heterocycles. The molecule has 3 nitrogen and oxygen atoms in total. The van der Waals surface area contributed by atoms with Gasteiger partial charge in [-0.15, -0.1) is 53.1 Å². The summed E-state index contributed by atoms with van der Waals surface area (Å²) in [5.74, 6) is 0. The fourth-order valence-corrected chi connectivity index (χ4v) is 6.02. The summed E-state index contributed by atoms with van der Waals surface area (Å²) >= 11 is 0. The van der Waals surface area contributed by atoms with Gasteiger partial charge in [-0.3, -0.25) is 0 Å². The van der Waals surface area contributed by atoms with Crippen molar-refractivity contribution in [2.75, 3.05) is 0 Å². The fourth-order valence-electron chi connectivity index (χ4n) is 6.02. The van der Waals surface area contributed by atoms with Gasteiger partial charge in [-0.1, -0.05) is 217 Å². The quantitative estimate of drug-likeness (QED) is 0.156. The average molecular weight is 883 g/mol. The van der Waals surface area contributed by atoms with Crippen LogP contribution in [0.25, 0.3) is 67.2 Å². The van der Waals surface area contributed by atoms with Crippen molar-refractivity contribution in [1.82, 2.24) is 15.0 Å². The number of nitrogens with zero attached hydrogens (tertiary/aromatic N) is 3. The summed E-state index contributed by atoms with van der Waals surface area (Å²) in [6.45, 7) is 0. The summed E-state index contributed by atoms with van der Waals surface area (Å²) in [4.78, 5) is 13.5. The standard InChI is InChI=1S/3C17H12N.Ir/c3*1-3-8-14(9-4-1)16-12-7-13-18-17(16)15-10-5-2-6-11-15;/h3*1-11,13H;/q3*-1;+3. The third-order valence-electron chi connectivity index (χ3n) is 8.56. The van der Waals surface area contributed by atoms with Crippen LogP contribution in [-0.4, -0.2) is 15.0 Å². The Morgan fingerprint density at radius 3 is 0.673 bits per heavy atom. The Kier molecular flexibility index (Phi) is 13.9. The van der Waals surface area contributed by atoms with E-state index in [1.807, 2.05) is 127 Å². The predicted octanol–water partition coefficient (Wildman–Crippen LogP) is 12.6. The maximum atomic E-state index is 4.49. The molecular formula is C51H36IrN3. The van der Waals surface area contributed by atoms with Crippen molar-refractivity contribution in [2.45, 2.75) is 0 Å². The number of rotatable bonds is 6. The Labute approximate surface area is 337 Å². The molecule has 0 amide bonds. The zero-order valence-corrected chi connectivity index (χ0v) is 32.4. The average Bonchev–Trinajstić information content (AvgIpc) is 3.29. The van der Waals surface area contributed by atoms with Crippen molar-refractivity contribution >= 4 is 0 Å². The Bertz CT molecular complexity index is 2000. The van der Waals surface area contributed by atoms with Gasteiger partial charge in [0.25, 0.3) is 0 Å². The Morgan fingerprint density at radius 1 is 0.255 bits per heavy atom. The summed E-state index contributed by atoms with van der Waals surface area (Å²) in [6, 6.07) is 76.8. The number of pyridine rings is 3. The maximum Gasteiger partial charge on any atom is 3.00 e. The van der Waals surface area contributed by atoms with Gasteiger partial charge in [0.15, 0.2) is 0 Å². The molecule has 9 aromatic rings. The third kappa shape index (κ3) is 10.1. The van der Waals surface area contributed by atoms with Gasteiger partial charge >= 0.3 is 20.1 Å². The Balaban J connectivity index is 0.000000139. The van der Waals surface area contributed by atoms with Crippen LogP contribution in [0.3, 0.4) is 0 Å². The van der Waals surface area contributed by atoms with Crippen LogP contribution >= 0.6 is 0 Å². The van der Waals surface area contributed by atoms with Crippen molar-refractivity contribution < 1.29 is 20.1 Å². The van der Waals surface area contributed by atoms with Crippen LogP contribution in [0.1, 0.15) is 0 Å². The second kappa shape index (κ2) is 20.0. The molecule has 6 aromatic carbocycles. The molecule has 0 aliphatic rings. The first-order valence-corrected chi connectivity index (χ1v) is 17.8. The van der Waals surface area contributed by atoms with Crippen LogP contribution in [0.5, 0.6) is 0 Å². The van der Waals surface area contributed by atoms with E-state index in [0.29, 0.717) is 0 Å². The zero-order chi connectivity index (χ0) is 36.6. The van der Waals surface area contributed by atoms with Gasteiger partial charge in [-0.2, -0.15) is 0 Å². The van der Waals surface area contributed by atoms with Crippen molar-refractivity contribution in [2.24, 2.45) is 0 Å². The van der Waals surface area contributed by atoms with E-state index in [4.69, 9.17) is 0 Å². The van der Waals surface area contributed by atoms with Crippen LogP contribution in [0.4, 0.5) is 0 Å². The third-order valence-corrected chi connectivity index (χ3v) is 8.56. The minimum atomic E-state index is 0. The second-order valence-electron chi connectivity index (χ2n) is 12.1. The number of hydrogen-bond acceptors (Lipinski definition) is 3. The van der Waals surface area contributed by atoms with Crippen LogP contribution in [0.2, 0.25) is 0 Å². The first-order chi connectivity index (χ1) is 26.8. The molecule has 4 heteroatoms. The zero-order valence-electron chi connectivity index (χ0n) is 30.0. The van der Waals surface area contributed by atoms with Gasteiger partial charge in [0.05, 0.1) is 0 Å². The van der Waals surface area contributed by atoms with Crippen LogP contribution in [0, 0.1) is 18.2 Å². The molecule has 0 fully saturated rings. The molecule has 0 atom stereocenters. The van der Waals surface area contributed by atoms with E-state index >= 15 is 0 Å². The molecule has 55 heavy (non-hydrogen) atoms. The van der Waals surface area contributed by atoms with E-state index < -0.39 is 0 Å². The van der Waals surface area contributed by atoms with E-state index in [0.717, 1.165) is 67.2 Å². The molecule has 0 aliphatic heterocycles. The number of aromatic nitrogens is 3. The molecular weight excluding hydrogens is 847 g/mol. The van der Waals surface area contributed by atoms with Crippen molar-refractivity contribution in [3.63, 3.8) is 0 Å². The predicted molar refractivity (Wildman–Crippen MR) is 222 cm³/mol. The summed E-state index contributed by atoms with van der Waals surface area (Å²) in [7, 11) is 0. The van der Waals surface area contributed by atoms with Gasteiger partial charge in [-0.05, 0) is 33.8 Å². The molecule has 9 rings (SSSR count). The topological polar surface area (TPSA) is 38.7 Å². The first-order valence-electron chi connectivity index (χ1n) is 17.8. The van der Waals surface area contributed by atoms with Crippen LogP contribution < -0.4 is 0 Å². The van der Waals surface area contributed by atoms with E-state index in [-0.39, 0.29) is 20.1 Å². The normalized spacial score (nSPS) is 10.0. The van der Waals surface area contributed by atoms with E-state index in [9.17, 15) is 0 Å². The fraction of sp³-hybridized carbons (Fsp3) is 0. The van der Waals surface area contributed by atoms with Crippen LogP contribution in [0.15, 0.2) is 219 Å². The smallest absolute Gasteiger partial charge is 0.352 e. The Morgan fingerprint density at radius 2 is 0.455 bits per heavy atom. The second-order valence-corrected chi connectivity index (χ2v) is 12.1. The van der Waals surface area contributed by atoms with Gasteiger partial charge in [0.2, 0.25) is 0 Å². The Hall–Kier alpha value is -6.58. The van der Waals surface area contributed by atoms with Gasteiger partial charge in [0, 0.05) is 0 Å². The van der Waals surface area contributed by atoms with Crippen molar-refractivity contribution in [3.8, 4) is 67.2 Å². The van der Waals surface area contributed by atoms with E-state index in [2.05, 4.69) is 106 Å². The van der Waals surface area contributed by atoms with Crippen molar-refractivity contribution in [1.29, 1.82) is 0 Å². The number of benzene rings is 6. The van der Waals surface area contributed by atoms with Gasteiger partial charge in [0.1, 0.15) is 0 Å². The molecule has 0 unspecified atom stereocenters. The molecule has 0 spiro atoms. The monoisotopic (exact) mass is 883 g/mol. The summed E-state index contributed by atoms with van der Waals surface area (Å²) in [6.07, 6.45) is 5.36. The minimum absolute atomic E-state index is 0. The first kappa shape index (κ1) is 38.2. The summed E-state index contributed by atoms with van der Waals surface area (Å²) in [5.41, 5.74) is 12.9. The molecule has 264 valence electrons.